The summed E-state index contributed by atoms with van der Waals surface area (Å²) in [5.41, 5.74) is 0.842. The summed E-state index contributed by atoms with van der Waals surface area (Å²) in [5.74, 6) is -1.06. The van der Waals surface area contributed by atoms with E-state index < -0.39 is 12.1 Å². The van der Waals surface area contributed by atoms with E-state index in [1.807, 2.05) is 0 Å². The van der Waals surface area contributed by atoms with Crippen molar-refractivity contribution in [3.05, 3.63) is 29.6 Å². The van der Waals surface area contributed by atoms with Crippen LogP contribution in [-0.4, -0.2) is 39.0 Å². The number of carboxylic acid groups (broad SMARTS) is 1. The lowest BCUT2D eigenvalue weighted by Crippen LogP contribution is -2.12. The fourth-order valence-electron chi connectivity index (χ4n) is 1.12. The highest BCUT2D eigenvalue weighted by molar-refractivity contribution is 5.85. The van der Waals surface area contributed by atoms with Crippen LogP contribution in [0, 0.1) is 0 Å². The standard InChI is InChI=1S/C10H13NO4/c12-6-8(13)3-1-7-2-4-9(10(14)15)11-5-7/h2,4-5,8,12-13H,1,3,6H2,(H,14,15). The number of hydrogen-bond donors (Lipinski definition) is 3. The molecule has 0 amide bonds. The molecule has 0 aliphatic carbocycles. The molecule has 1 aromatic heterocycles. The van der Waals surface area contributed by atoms with E-state index in [0.717, 1.165) is 5.56 Å². The van der Waals surface area contributed by atoms with E-state index in [1.54, 1.807) is 6.07 Å². The number of pyridine rings is 1. The van der Waals surface area contributed by atoms with Gasteiger partial charge in [0.25, 0.3) is 0 Å². The van der Waals surface area contributed by atoms with Gasteiger partial charge in [-0.2, -0.15) is 0 Å². The molecule has 3 N–H and O–H groups in total. The molecule has 1 heterocycles. The molecule has 0 saturated heterocycles. The van der Waals surface area contributed by atoms with Crippen molar-refractivity contribution >= 4 is 5.97 Å². The third-order valence-electron chi connectivity index (χ3n) is 2.02. The van der Waals surface area contributed by atoms with Crippen LogP contribution in [-0.2, 0) is 6.42 Å². The maximum atomic E-state index is 10.5. The molecule has 82 valence electrons. The summed E-state index contributed by atoms with van der Waals surface area (Å²) in [5, 5.41) is 26.3. The van der Waals surface area contributed by atoms with Crippen molar-refractivity contribution in [1.29, 1.82) is 0 Å². The normalized spacial score (nSPS) is 12.4. The Balaban J connectivity index is 2.53. The molecule has 5 nitrogen and oxygen atoms in total. The first-order valence-corrected chi connectivity index (χ1v) is 4.60. The zero-order valence-corrected chi connectivity index (χ0v) is 8.13. The summed E-state index contributed by atoms with van der Waals surface area (Å²) < 4.78 is 0. The van der Waals surface area contributed by atoms with E-state index in [4.69, 9.17) is 15.3 Å². The summed E-state index contributed by atoms with van der Waals surface area (Å²) in [6.45, 7) is -0.263. The van der Waals surface area contributed by atoms with Gasteiger partial charge >= 0.3 is 5.97 Å². The number of rotatable bonds is 5. The molecule has 1 aromatic rings. The number of aryl methyl sites for hydroxylation is 1. The Morgan fingerprint density at radius 3 is 2.67 bits per heavy atom. The van der Waals surface area contributed by atoms with Crippen molar-refractivity contribution in [2.24, 2.45) is 0 Å². The average Bonchev–Trinajstić information content (AvgIpc) is 2.26. The maximum absolute atomic E-state index is 10.5. The van der Waals surface area contributed by atoms with Crippen molar-refractivity contribution in [3.63, 3.8) is 0 Å². The molecule has 0 saturated carbocycles. The fraction of sp³-hybridized carbons (Fsp3) is 0.400. The molecule has 1 rings (SSSR count). The van der Waals surface area contributed by atoms with Gasteiger partial charge in [-0.15, -0.1) is 0 Å². The Morgan fingerprint density at radius 1 is 1.47 bits per heavy atom. The zero-order valence-electron chi connectivity index (χ0n) is 8.13. The van der Waals surface area contributed by atoms with E-state index in [0.29, 0.717) is 12.8 Å². The van der Waals surface area contributed by atoms with Gasteiger partial charge in [-0.25, -0.2) is 9.78 Å². The third-order valence-corrected chi connectivity index (χ3v) is 2.02. The van der Waals surface area contributed by atoms with Crippen LogP contribution in [0.2, 0.25) is 0 Å². The van der Waals surface area contributed by atoms with Gasteiger partial charge in [0.1, 0.15) is 5.69 Å². The quantitative estimate of drug-likeness (QED) is 0.641. The molecule has 0 fully saturated rings. The third kappa shape index (κ3) is 3.65. The van der Waals surface area contributed by atoms with Crippen LogP contribution in [0.4, 0.5) is 0 Å². The van der Waals surface area contributed by atoms with E-state index in [1.165, 1.54) is 12.3 Å². The molecular formula is C10H13NO4. The molecule has 0 aliphatic rings. The fourth-order valence-corrected chi connectivity index (χ4v) is 1.12. The van der Waals surface area contributed by atoms with Crippen LogP contribution in [0.1, 0.15) is 22.5 Å². The molecule has 5 heteroatoms. The maximum Gasteiger partial charge on any atom is 0.354 e. The predicted octanol–water partition coefficient (Wildman–Crippen LogP) is 0.0656. The predicted molar refractivity (Wildman–Crippen MR) is 52.6 cm³/mol. The lowest BCUT2D eigenvalue weighted by Gasteiger charge is -2.06. The lowest BCUT2D eigenvalue weighted by atomic mass is 10.1. The highest BCUT2D eigenvalue weighted by Gasteiger charge is 2.05. The Labute approximate surface area is 87.0 Å². The Bertz CT molecular complexity index is 323. The second-order valence-corrected chi connectivity index (χ2v) is 3.23. The molecule has 0 radical (unpaired) electrons. The molecule has 0 spiro atoms. The summed E-state index contributed by atoms with van der Waals surface area (Å²) >= 11 is 0. The molecule has 0 aromatic carbocycles. The number of aliphatic hydroxyl groups excluding tert-OH is 2. The molecule has 15 heavy (non-hydrogen) atoms. The first kappa shape index (κ1) is 11.6. The summed E-state index contributed by atoms with van der Waals surface area (Å²) in [6.07, 6.45) is 1.73. The van der Waals surface area contributed by atoms with Crippen LogP contribution in [0.3, 0.4) is 0 Å². The second kappa shape index (κ2) is 5.43. The number of carboxylic acids is 1. The Hall–Kier alpha value is -1.46. The highest BCUT2D eigenvalue weighted by Crippen LogP contribution is 2.05. The minimum absolute atomic E-state index is 0.00135. The van der Waals surface area contributed by atoms with E-state index in [2.05, 4.69) is 4.98 Å². The Kier molecular flexibility index (Phi) is 4.20. The van der Waals surface area contributed by atoms with E-state index in [-0.39, 0.29) is 12.3 Å². The SMILES string of the molecule is O=C(O)c1ccc(CCC(O)CO)cn1. The monoisotopic (exact) mass is 211 g/mol. The highest BCUT2D eigenvalue weighted by atomic mass is 16.4. The zero-order chi connectivity index (χ0) is 11.3. The van der Waals surface area contributed by atoms with Crippen LogP contribution < -0.4 is 0 Å². The van der Waals surface area contributed by atoms with Gasteiger partial charge in [0.05, 0.1) is 12.7 Å². The van der Waals surface area contributed by atoms with Crippen LogP contribution in [0.5, 0.6) is 0 Å². The minimum atomic E-state index is -1.06. The Morgan fingerprint density at radius 2 is 2.20 bits per heavy atom. The average molecular weight is 211 g/mol. The first-order valence-electron chi connectivity index (χ1n) is 4.60. The van der Waals surface area contributed by atoms with Crippen molar-refractivity contribution in [2.45, 2.75) is 18.9 Å². The molecule has 0 aliphatic heterocycles. The summed E-state index contributed by atoms with van der Waals surface area (Å²) in [6, 6.07) is 3.07. The number of hydrogen-bond acceptors (Lipinski definition) is 4. The largest absolute Gasteiger partial charge is 0.477 e. The molecule has 1 atom stereocenters. The van der Waals surface area contributed by atoms with Gasteiger partial charge in [0.15, 0.2) is 0 Å². The number of nitrogens with zero attached hydrogens (tertiary/aromatic N) is 1. The van der Waals surface area contributed by atoms with Gasteiger partial charge < -0.3 is 15.3 Å². The van der Waals surface area contributed by atoms with Gasteiger partial charge in [-0.05, 0) is 24.5 Å². The lowest BCUT2D eigenvalue weighted by molar-refractivity contribution is 0.0690. The second-order valence-electron chi connectivity index (χ2n) is 3.23. The summed E-state index contributed by atoms with van der Waals surface area (Å²) in [4.78, 5) is 14.2. The molecule has 1 unspecified atom stereocenters. The van der Waals surface area contributed by atoms with Crippen molar-refractivity contribution in [3.8, 4) is 0 Å². The molecule has 0 bridgehead atoms. The van der Waals surface area contributed by atoms with Crippen molar-refractivity contribution in [2.75, 3.05) is 6.61 Å². The van der Waals surface area contributed by atoms with E-state index in [9.17, 15) is 4.79 Å². The topological polar surface area (TPSA) is 90.7 Å². The van der Waals surface area contributed by atoms with E-state index >= 15 is 0 Å². The van der Waals surface area contributed by atoms with Crippen molar-refractivity contribution in [1.82, 2.24) is 4.98 Å². The molecular weight excluding hydrogens is 198 g/mol. The van der Waals surface area contributed by atoms with Crippen LogP contribution >= 0.6 is 0 Å². The van der Waals surface area contributed by atoms with Crippen LogP contribution in [0.25, 0.3) is 0 Å². The smallest absolute Gasteiger partial charge is 0.354 e. The summed E-state index contributed by atoms with van der Waals surface area (Å²) in [7, 11) is 0. The number of carbonyl (C=O) groups is 1. The van der Waals surface area contributed by atoms with Gasteiger partial charge in [0.2, 0.25) is 0 Å². The number of aliphatic hydroxyl groups is 2. The minimum Gasteiger partial charge on any atom is -0.477 e. The van der Waals surface area contributed by atoms with Crippen molar-refractivity contribution < 1.29 is 20.1 Å². The van der Waals surface area contributed by atoms with Crippen LogP contribution in [0.15, 0.2) is 18.3 Å². The first-order chi connectivity index (χ1) is 7.13. The number of aromatic nitrogens is 1. The van der Waals surface area contributed by atoms with Gasteiger partial charge in [0, 0.05) is 6.20 Å². The van der Waals surface area contributed by atoms with Gasteiger partial charge in [-0.3, -0.25) is 0 Å². The van der Waals surface area contributed by atoms with Gasteiger partial charge in [-0.1, -0.05) is 6.07 Å². The number of aromatic carboxylic acids is 1.